The zero-order valence-electron chi connectivity index (χ0n) is 6.39. The van der Waals surface area contributed by atoms with Crippen molar-refractivity contribution >= 4 is 0 Å². The number of nitrogens with two attached hydrogens (primary N) is 1. The maximum Gasteiger partial charge on any atom is 0.113 e. The van der Waals surface area contributed by atoms with E-state index in [4.69, 9.17) is 21.1 Å². The standard InChI is InChI=1S/C7H12FNO3/c8-2-3-1-4(9)6(11)7(12)5(3)10/h1,4-7,10-12H,2,9H2/t4-,5-,6-,7-/m0/s1. The van der Waals surface area contributed by atoms with Crippen LogP contribution in [-0.4, -0.2) is 46.3 Å². The normalized spacial score (nSPS) is 42.6. The van der Waals surface area contributed by atoms with E-state index in [2.05, 4.69) is 0 Å². The van der Waals surface area contributed by atoms with Crippen molar-refractivity contribution in [3.05, 3.63) is 11.6 Å². The minimum atomic E-state index is -1.39. The van der Waals surface area contributed by atoms with Gasteiger partial charge in [0.25, 0.3) is 0 Å². The van der Waals surface area contributed by atoms with Gasteiger partial charge in [-0.2, -0.15) is 0 Å². The molecule has 4 atom stereocenters. The van der Waals surface area contributed by atoms with Gasteiger partial charge in [-0.3, -0.25) is 0 Å². The smallest absolute Gasteiger partial charge is 0.113 e. The number of aliphatic hydroxyl groups is 3. The SMILES string of the molecule is N[C@H]1C=C(CF)[C@H](O)[C@H](O)[C@H]1O. The van der Waals surface area contributed by atoms with Gasteiger partial charge >= 0.3 is 0 Å². The van der Waals surface area contributed by atoms with Crippen LogP contribution in [0.2, 0.25) is 0 Å². The molecule has 12 heavy (non-hydrogen) atoms. The first-order valence-corrected chi connectivity index (χ1v) is 3.64. The number of halogens is 1. The van der Waals surface area contributed by atoms with E-state index < -0.39 is 31.0 Å². The summed E-state index contributed by atoms with van der Waals surface area (Å²) in [6.07, 6.45) is -2.72. The Labute approximate surface area is 69.1 Å². The highest BCUT2D eigenvalue weighted by Gasteiger charge is 2.35. The van der Waals surface area contributed by atoms with Gasteiger partial charge < -0.3 is 21.1 Å². The van der Waals surface area contributed by atoms with Crippen molar-refractivity contribution in [2.75, 3.05) is 6.67 Å². The van der Waals surface area contributed by atoms with Crippen LogP contribution in [-0.2, 0) is 0 Å². The lowest BCUT2D eigenvalue weighted by Crippen LogP contribution is -2.52. The number of hydrogen-bond acceptors (Lipinski definition) is 4. The van der Waals surface area contributed by atoms with Crippen LogP contribution in [0.3, 0.4) is 0 Å². The largest absolute Gasteiger partial charge is 0.388 e. The minimum absolute atomic E-state index is 0.0281. The fourth-order valence-electron chi connectivity index (χ4n) is 1.20. The molecule has 70 valence electrons. The molecular formula is C7H12FNO3. The van der Waals surface area contributed by atoms with Crippen molar-refractivity contribution in [1.82, 2.24) is 0 Å². The van der Waals surface area contributed by atoms with Crippen molar-refractivity contribution < 1.29 is 19.7 Å². The lowest BCUT2D eigenvalue weighted by atomic mass is 9.89. The zero-order valence-corrected chi connectivity index (χ0v) is 6.39. The molecular weight excluding hydrogens is 165 g/mol. The van der Waals surface area contributed by atoms with Crippen molar-refractivity contribution in [2.45, 2.75) is 24.4 Å². The number of hydrogen-bond donors (Lipinski definition) is 4. The molecule has 0 aliphatic heterocycles. The third-order valence-corrected chi connectivity index (χ3v) is 2.01. The predicted octanol–water partition coefficient (Wildman–Crippen LogP) is -1.69. The fourth-order valence-corrected chi connectivity index (χ4v) is 1.20. The topological polar surface area (TPSA) is 86.7 Å². The third kappa shape index (κ3) is 1.49. The molecule has 1 rings (SSSR count). The molecule has 0 saturated heterocycles. The Morgan fingerprint density at radius 2 is 1.92 bits per heavy atom. The van der Waals surface area contributed by atoms with E-state index >= 15 is 0 Å². The van der Waals surface area contributed by atoms with Gasteiger partial charge in [-0.25, -0.2) is 4.39 Å². The van der Waals surface area contributed by atoms with Crippen LogP contribution in [0.15, 0.2) is 11.6 Å². The van der Waals surface area contributed by atoms with Crippen LogP contribution in [0.1, 0.15) is 0 Å². The Kier molecular flexibility index (Phi) is 2.79. The van der Waals surface area contributed by atoms with Crippen molar-refractivity contribution in [2.24, 2.45) is 5.73 Å². The first kappa shape index (κ1) is 9.60. The average Bonchev–Trinajstić information content (AvgIpc) is 2.08. The lowest BCUT2D eigenvalue weighted by molar-refractivity contribution is -0.0583. The second kappa shape index (κ2) is 3.49. The summed E-state index contributed by atoms with van der Waals surface area (Å²) in [5.74, 6) is 0. The van der Waals surface area contributed by atoms with E-state index in [0.717, 1.165) is 0 Å². The number of alkyl halides is 1. The maximum absolute atomic E-state index is 12.1. The molecule has 0 amide bonds. The Bertz CT molecular complexity index is 197. The van der Waals surface area contributed by atoms with Gasteiger partial charge in [-0.1, -0.05) is 6.08 Å². The van der Waals surface area contributed by atoms with Gasteiger partial charge in [-0.05, 0) is 5.57 Å². The van der Waals surface area contributed by atoms with Crippen molar-refractivity contribution in [3.8, 4) is 0 Å². The molecule has 5 N–H and O–H groups in total. The molecule has 0 saturated carbocycles. The highest BCUT2D eigenvalue weighted by molar-refractivity contribution is 5.20. The molecule has 0 bridgehead atoms. The quantitative estimate of drug-likeness (QED) is 0.360. The fraction of sp³-hybridized carbons (Fsp3) is 0.714. The molecule has 4 nitrogen and oxygen atoms in total. The molecule has 0 radical (unpaired) electrons. The van der Waals surface area contributed by atoms with E-state index in [9.17, 15) is 4.39 Å². The molecule has 0 aromatic heterocycles. The van der Waals surface area contributed by atoms with Crippen LogP contribution < -0.4 is 5.73 Å². The van der Waals surface area contributed by atoms with Crippen molar-refractivity contribution in [1.29, 1.82) is 0 Å². The highest BCUT2D eigenvalue weighted by Crippen LogP contribution is 2.19. The third-order valence-electron chi connectivity index (χ3n) is 2.01. The predicted molar refractivity (Wildman–Crippen MR) is 40.1 cm³/mol. The van der Waals surface area contributed by atoms with E-state index in [-0.39, 0.29) is 5.57 Å². The average molecular weight is 177 g/mol. The summed E-state index contributed by atoms with van der Waals surface area (Å²) in [6.45, 7) is -0.862. The van der Waals surface area contributed by atoms with Gasteiger partial charge in [0.05, 0.1) is 6.04 Å². The maximum atomic E-state index is 12.1. The molecule has 0 aromatic carbocycles. The van der Waals surface area contributed by atoms with E-state index in [1.807, 2.05) is 0 Å². The number of aliphatic hydroxyl groups excluding tert-OH is 3. The van der Waals surface area contributed by atoms with Crippen LogP contribution in [0.5, 0.6) is 0 Å². The molecule has 0 heterocycles. The molecule has 0 spiro atoms. The first-order chi connectivity index (χ1) is 5.57. The van der Waals surface area contributed by atoms with Gasteiger partial charge in [-0.15, -0.1) is 0 Å². The Morgan fingerprint density at radius 3 is 2.42 bits per heavy atom. The summed E-state index contributed by atoms with van der Waals surface area (Å²) in [6, 6.07) is -0.811. The highest BCUT2D eigenvalue weighted by atomic mass is 19.1. The van der Waals surface area contributed by atoms with Gasteiger partial charge in [0.1, 0.15) is 25.0 Å². The summed E-state index contributed by atoms with van der Waals surface area (Å²) >= 11 is 0. The Hall–Kier alpha value is -0.490. The molecule has 0 unspecified atom stereocenters. The molecule has 1 aliphatic rings. The van der Waals surface area contributed by atoms with Crippen molar-refractivity contribution in [3.63, 3.8) is 0 Å². The van der Waals surface area contributed by atoms with Crippen LogP contribution in [0.4, 0.5) is 4.39 Å². The second-order valence-electron chi connectivity index (χ2n) is 2.88. The summed E-state index contributed by atoms with van der Waals surface area (Å²) in [5.41, 5.74) is 5.36. The van der Waals surface area contributed by atoms with E-state index in [1.54, 1.807) is 0 Å². The monoisotopic (exact) mass is 177 g/mol. The zero-order chi connectivity index (χ0) is 9.30. The Morgan fingerprint density at radius 1 is 1.33 bits per heavy atom. The number of rotatable bonds is 1. The minimum Gasteiger partial charge on any atom is -0.388 e. The molecule has 0 fully saturated rings. The molecule has 0 aromatic rings. The second-order valence-corrected chi connectivity index (χ2v) is 2.88. The Balaban J connectivity index is 2.84. The summed E-state index contributed by atoms with van der Waals surface area (Å²) in [7, 11) is 0. The van der Waals surface area contributed by atoms with Crippen LogP contribution >= 0.6 is 0 Å². The van der Waals surface area contributed by atoms with Gasteiger partial charge in [0, 0.05) is 0 Å². The molecule has 5 heteroatoms. The van der Waals surface area contributed by atoms with E-state index in [0.29, 0.717) is 0 Å². The van der Waals surface area contributed by atoms with Crippen LogP contribution in [0.25, 0.3) is 0 Å². The van der Waals surface area contributed by atoms with Gasteiger partial charge in [0.15, 0.2) is 0 Å². The summed E-state index contributed by atoms with van der Waals surface area (Å²) in [5, 5.41) is 27.4. The summed E-state index contributed by atoms with van der Waals surface area (Å²) in [4.78, 5) is 0. The molecule has 1 aliphatic carbocycles. The summed E-state index contributed by atoms with van der Waals surface area (Å²) < 4.78 is 12.1. The van der Waals surface area contributed by atoms with Crippen LogP contribution in [0, 0.1) is 0 Å². The first-order valence-electron chi connectivity index (χ1n) is 3.64. The van der Waals surface area contributed by atoms with Gasteiger partial charge in [0.2, 0.25) is 0 Å². The van der Waals surface area contributed by atoms with E-state index in [1.165, 1.54) is 6.08 Å². The lowest BCUT2D eigenvalue weighted by Gasteiger charge is -2.31.